The third-order valence-electron chi connectivity index (χ3n) is 4.42. The van der Waals surface area contributed by atoms with Gasteiger partial charge in [0.2, 0.25) is 0 Å². The molecule has 0 saturated carbocycles. The minimum absolute atomic E-state index is 0.00685. The van der Waals surface area contributed by atoms with E-state index in [9.17, 15) is 4.79 Å². The molecule has 0 bridgehead atoms. The van der Waals surface area contributed by atoms with Crippen molar-refractivity contribution in [1.82, 2.24) is 19.4 Å². The molecular weight excluding hydrogens is 300 g/mol. The Hall–Kier alpha value is -2.56. The molecule has 5 heteroatoms. The molecule has 3 aromatic rings. The van der Waals surface area contributed by atoms with Gasteiger partial charge in [-0.1, -0.05) is 25.1 Å². The smallest absolute Gasteiger partial charge is 0.253 e. The van der Waals surface area contributed by atoms with E-state index in [1.165, 1.54) is 0 Å². The van der Waals surface area contributed by atoms with Crippen LogP contribution in [0.5, 0.6) is 0 Å². The van der Waals surface area contributed by atoms with Crippen molar-refractivity contribution >= 4 is 16.8 Å². The van der Waals surface area contributed by atoms with Crippen LogP contribution in [0, 0.1) is 12.8 Å². The van der Waals surface area contributed by atoms with Gasteiger partial charge in [-0.25, -0.2) is 4.98 Å². The lowest BCUT2D eigenvalue weighted by Gasteiger charge is -2.14. The monoisotopic (exact) mass is 324 g/mol. The van der Waals surface area contributed by atoms with Crippen LogP contribution in [-0.4, -0.2) is 26.6 Å². The van der Waals surface area contributed by atoms with Crippen LogP contribution in [0.25, 0.3) is 10.9 Å². The van der Waals surface area contributed by atoms with Gasteiger partial charge in [0.25, 0.3) is 5.91 Å². The summed E-state index contributed by atoms with van der Waals surface area (Å²) in [7, 11) is 0. The summed E-state index contributed by atoms with van der Waals surface area (Å²) in [5.41, 5.74) is 1.85. The highest BCUT2D eigenvalue weighted by atomic mass is 16.1. The fourth-order valence-electron chi connectivity index (χ4n) is 3.05. The first kappa shape index (κ1) is 16.3. The Morgan fingerprint density at radius 1 is 1.29 bits per heavy atom. The normalized spacial score (nSPS) is 12.5. The molecule has 0 unspecified atom stereocenters. The molecule has 3 rings (SSSR count). The fraction of sp³-hybridized carbons (Fsp3) is 0.368. The zero-order valence-corrected chi connectivity index (χ0v) is 14.5. The number of aromatic nitrogens is 3. The Bertz CT molecular complexity index is 846. The van der Waals surface area contributed by atoms with Gasteiger partial charge in [-0.3, -0.25) is 4.79 Å². The lowest BCUT2D eigenvalue weighted by molar-refractivity contribution is 0.0948. The van der Waals surface area contributed by atoms with Crippen LogP contribution in [0.4, 0.5) is 0 Å². The molecule has 24 heavy (non-hydrogen) atoms. The van der Waals surface area contributed by atoms with E-state index in [1.807, 2.05) is 37.5 Å². The van der Waals surface area contributed by atoms with Crippen LogP contribution in [0.15, 0.2) is 42.9 Å². The summed E-state index contributed by atoms with van der Waals surface area (Å²) in [6, 6.07) is 8.05. The van der Waals surface area contributed by atoms with E-state index in [2.05, 4.69) is 39.3 Å². The predicted octanol–water partition coefficient (Wildman–Crippen LogP) is 3.23. The molecule has 0 fully saturated rings. The molecule has 5 nitrogen and oxygen atoms in total. The van der Waals surface area contributed by atoms with Crippen LogP contribution in [0.3, 0.4) is 0 Å². The van der Waals surface area contributed by atoms with Crippen molar-refractivity contribution in [1.29, 1.82) is 0 Å². The van der Waals surface area contributed by atoms with Gasteiger partial charge < -0.3 is 14.5 Å². The molecule has 0 aliphatic rings. The number of nitrogens with zero attached hydrogens (tertiary/aromatic N) is 3. The summed E-state index contributed by atoms with van der Waals surface area (Å²) in [5.74, 6) is 1.33. The van der Waals surface area contributed by atoms with E-state index < -0.39 is 0 Å². The van der Waals surface area contributed by atoms with Gasteiger partial charge in [-0.15, -0.1) is 0 Å². The van der Waals surface area contributed by atoms with Crippen molar-refractivity contribution in [3.8, 4) is 0 Å². The second-order valence-corrected chi connectivity index (χ2v) is 6.29. The molecule has 1 aromatic carbocycles. The first-order chi connectivity index (χ1) is 11.6. The minimum Gasteiger partial charge on any atom is -0.352 e. The number of amides is 1. The number of hydrogen-bond acceptors (Lipinski definition) is 2. The second kappa shape index (κ2) is 6.91. The number of carbonyl (C=O) groups is 1. The quantitative estimate of drug-likeness (QED) is 0.757. The minimum atomic E-state index is -0.00685. The number of benzene rings is 1. The number of nitrogens with one attached hydrogen (secondary N) is 1. The van der Waals surface area contributed by atoms with E-state index in [0.29, 0.717) is 12.5 Å². The van der Waals surface area contributed by atoms with Crippen molar-refractivity contribution in [2.75, 3.05) is 6.54 Å². The lowest BCUT2D eigenvalue weighted by atomic mass is 10.1. The van der Waals surface area contributed by atoms with Crippen LogP contribution in [0.1, 0.15) is 30.0 Å². The molecule has 1 amide bonds. The fourth-order valence-corrected chi connectivity index (χ4v) is 3.05. The van der Waals surface area contributed by atoms with Gasteiger partial charge >= 0.3 is 0 Å². The van der Waals surface area contributed by atoms with Gasteiger partial charge in [0.1, 0.15) is 5.82 Å². The molecule has 0 aliphatic carbocycles. The highest BCUT2D eigenvalue weighted by Gasteiger charge is 2.15. The van der Waals surface area contributed by atoms with Gasteiger partial charge in [-0.2, -0.15) is 0 Å². The summed E-state index contributed by atoms with van der Waals surface area (Å²) >= 11 is 0. The molecule has 0 saturated heterocycles. The van der Waals surface area contributed by atoms with Crippen molar-refractivity contribution in [2.24, 2.45) is 5.92 Å². The highest BCUT2D eigenvalue weighted by molar-refractivity contribution is 6.07. The van der Waals surface area contributed by atoms with Crippen LogP contribution < -0.4 is 5.32 Å². The molecule has 0 aliphatic heterocycles. The van der Waals surface area contributed by atoms with E-state index in [0.717, 1.165) is 35.4 Å². The molecule has 0 radical (unpaired) electrons. The average molecular weight is 324 g/mol. The maximum atomic E-state index is 12.6. The Kier molecular flexibility index (Phi) is 4.69. The molecule has 2 heterocycles. The molecule has 126 valence electrons. The van der Waals surface area contributed by atoms with Crippen molar-refractivity contribution in [2.45, 2.75) is 33.9 Å². The van der Waals surface area contributed by atoms with Crippen LogP contribution in [-0.2, 0) is 13.1 Å². The van der Waals surface area contributed by atoms with Crippen molar-refractivity contribution in [3.05, 3.63) is 54.2 Å². The SMILES string of the molecule is CCn1cc(C(=O)NC[C@@H](C)Cn2ccnc2C)c2ccccc21. The number of fused-ring (bicyclic) bond motifs is 1. The molecule has 0 spiro atoms. The topological polar surface area (TPSA) is 51.9 Å². The van der Waals surface area contributed by atoms with Crippen LogP contribution in [0.2, 0.25) is 0 Å². The van der Waals surface area contributed by atoms with Crippen LogP contribution >= 0.6 is 0 Å². The van der Waals surface area contributed by atoms with E-state index in [1.54, 1.807) is 6.20 Å². The summed E-state index contributed by atoms with van der Waals surface area (Å²) in [4.78, 5) is 16.8. The summed E-state index contributed by atoms with van der Waals surface area (Å²) in [5, 5.41) is 4.08. The Balaban J connectivity index is 1.68. The van der Waals surface area contributed by atoms with E-state index in [-0.39, 0.29) is 5.91 Å². The van der Waals surface area contributed by atoms with Gasteiger partial charge in [0.15, 0.2) is 0 Å². The van der Waals surface area contributed by atoms with E-state index in [4.69, 9.17) is 0 Å². The zero-order valence-electron chi connectivity index (χ0n) is 14.5. The summed E-state index contributed by atoms with van der Waals surface area (Å²) in [6.07, 6.45) is 5.73. The second-order valence-electron chi connectivity index (χ2n) is 6.29. The Labute approximate surface area is 142 Å². The van der Waals surface area contributed by atoms with Gasteiger partial charge in [0, 0.05) is 49.1 Å². The van der Waals surface area contributed by atoms with Gasteiger partial charge in [0.05, 0.1) is 5.56 Å². The maximum Gasteiger partial charge on any atom is 0.253 e. The first-order valence-corrected chi connectivity index (χ1v) is 8.44. The summed E-state index contributed by atoms with van der Waals surface area (Å²) < 4.78 is 4.22. The first-order valence-electron chi connectivity index (χ1n) is 8.44. The number of hydrogen-bond donors (Lipinski definition) is 1. The van der Waals surface area contributed by atoms with E-state index >= 15 is 0 Å². The number of aryl methyl sites for hydroxylation is 2. The zero-order chi connectivity index (χ0) is 17.1. The third-order valence-corrected chi connectivity index (χ3v) is 4.42. The molecule has 1 atom stereocenters. The Morgan fingerprint density at radius 3 is 2.79 bits per heavy atom. The number of para-hydroxylation sites is 1. The Morgan fingerprint density at radius 2 is 2.08 bits per heavy atom. The molecule has 2 aromatic heterocycles. The molecule has 1 N–H and O–H groups in total. The number of imidazole rings is 1. The lowest BCUT2D eigenvalue weighted by Crippen LogP contribution is -2.30. The average Bonchev–Trinajstić information content (AvgIpc) is 3.16. The highest BCUT2D eigenvalue weighted by Crippen LogP contribution is 2.21. The molecular formula is C19H24N4O. The maximum absolute atomic E-state index is 12.6. The van der Waals surface area contributed by atoms with Crippen molar-refractivity contribution < 1.29 is 4.79 Å². The summed E-state index contributed by atoms with van der Waals surface area (Å²) in [6.45, 7) is 8.55. The van der Waals surface area contributed by atoms with Gasteiger partial charge in [-0.05, 0) is 25.8 Å². The van der Waals surface area contributed by atoms with Crippen molar-refractivity contribution in [3.63, 3.8) is 0 Å². The predicted molar refractivity (Wildman–Crippen MR) is 96.1 cm³/mol. The number of carbonyl (C=O) groups excluding carboxylic acids is 1. The number of rotatable bonds is 6. The third kappa shape index (κ3) is 3.20. The largest absolute Gasteiger partial charge is 0.352 e. The standard InChI is InChI=1S/C19H24N4O/c1-4-22-13-17(16-7-5-6-8-18(16)22)19(24)21-11-14(2)12-23-10-9-20-15(23)3/h5-10,13-14H,4,11-12H2,1-3H3,(H,21,24)/t14-/m1/s1.